The third-order valence-corrected chi connectivity index (χ3v) is 6.78. The van der Waals surface area contributed by atoms with Crippen molar-refractivity contribution >= 4 is 29.7 Å². The number of hydrogen-bond acceptors (Lipinski definition) is 6. The van der Waals surface area contributed by atoms with Crippen LogP contribution < -0.4 is 16.4 Å². The van der Waals surface area contributed by atoms with Gasteiger partial charge in [0.15, 0.2) is 0 Å². The maximum absolute atomic E-state index is 13.2. The van der Waals surface area contributed by atoms with Crippen molar-refractivity contribution < 1.29 is 14.4 Å². The zero-order chi connectivity index (χ0) is 26.9. The van der Waals surface area contributed by atoms with Crippen LogP contribution in [-0.4, -0.2) is 59.7 Å². The van der Waals surface area contributed by atoms with E-state index in [4.69, 9.17) is 5.73 Å². The van der Waals surface area contributed by atoms with Gasteiger partial charge < -0.3 is 16.4 Å². The molecule has 1 aliphatic heterocycles. The normalized spacial score (nSPS) is 15.6. The lowest BCUT2D eigenvalue weighted by Gasteiger charge is -2.33. The molecule has 0 bridgehead atoms. The SMILES string of the molecule is CC(c1ccc(/C=C/c2ncccc2C(=O)NC(Cc2ccccc2)C(=O)C(N)=O)cc1)N1CCNCC1. The first-order chi connectivity index (χ1) is 18.4. The highest BCUT2D eigenvalue weighted by Gasteiger charge is 2.26. The molecule has 4 rings (SSSR count). The number of benzene rings is 2. The standard InChI is InChI=1S/C30H33N5O3/c1-21(35-18-16-32-17-19-35)24-12-9-22(10-13-24)11-14-26-25(8-5-15-33-26)30(38)34-27(28(36)29(31)37)20-23-6-3-2-4-7-23/h2-15,21,27,32H,16-20H2,1H3,(H2,31,37)(H,34,38)/b14-11+. The Morgan fingerprint density at radius 2 is 1.71 bits per heavy atom. The summed E-state index contributed by atoms with van der Waals surface area (Å²) in [7, 11) is 0. The van der Waals surface area contributed by atoms with Gasteiger partial charge in [0.05, 0.1) is 11.3 Å². The summed E-state index contributed by atoms with van der Waals surface area (Å²) in [5.74, 6) is -2.45. The van der Waals surface area contributed by atoms with E-state index >= 15 is 0 Å². The summed E-state index contributed by atoms with van der Waals surface area (Å²) in [6.07, 6.45) is 5.42. The van der Waals surface area contributed by atoms with Crippen molar-refractivity contribution in [3.05, 3.63) is 101 Å². The summed E-state index contributed by atoms with van der Waals surface area (Å²) >= 11 is 0. The molecule has 2 heterocycles. The smallest absolute Gasteiger partial charge is 0.287 e. The molecule has 1 aliphatic rings. The predicted octanol–water partition coefficient (Wildman–Crippen LogP) is 2.61. The molecule has 8 heteroatoms. The van der Waals surface area contributed by atoms with Crippen LogP contribution in [0.15, 0.2) is 72.9 Å². The van der Waals surface area contributed by atoms with Crippen LogP contribution in [0.3, 0.4) is 0 Å². The first-order valence-corrected chi connectivity index (χ1v) is 12.8. The molecule has 3 aromatic rings. The molecule has 0 radical (unpaired) electrons. The Bertz CT molecular complexity index is 1280. The monoisotopic (exact) mass is 511 g/mol. The molecule has 2 aromatic carbocycles. The van der Waals surface area contributed by atoms with E-state index in [9.17, 15) is 14.4 Å². The van der Waals surface area contributed by atoms with Crippen molar-refractivity contribution in [2.24, 2.45) is 5.73 Å². The van der Waals surface area contributed by atoms with Crippen LogP contribution in [0.2, 0.25) is 0 Å². The number of carbonyl (C=O) groups excluding carboxylic acids is 3. The first-order valence-electron chi connectivity index (χ1n) is 12.8. The molecule has 8 nitrogen and oxygen atoms in total. The maximum Gasteiger partial charge on any atom is 0.287 e. The molecule has 1 aromatic heterocycles. The number of nitrogens with two attached hydrogens (primary N) is 1. The van der Waals surface area contributed by atoms with Crippen LogP contribution in [0.1, 0.15) is 45.7 Å². The lowest BCUT2D eigenvalue weighted by atomic mass is 10.0. The molecule has 1 fully saturated rings. The average Bonchev–Trinajstić information content (AvgIpc) is 2.96. The summed E-state index contributed by atoms with van der Waals surface area (Å²) in [6.45, 7) is 6.31. The van der Waals surface area contributed by atoms with E-state index in [0.29, 0.717) is 17.3 Å². The predicted molar refractivity (Wildman–Crippen MR) is 148 cm³/mol. The summed E-state index contributed by atoms with van der Waals surface area (Å²) in [6, 6.07) is 20.0. The Kier molecular flexibility index (Phi) is 9.13. The number of piperazine rings is 1. The third kappa shape index (κ3) is 7.00. The molecule has 0 saturated carbocycles. The van der Waals surface area contributed by atoms with Gasteiger partial charge in [0, 0.05) is 44.8 Å². The quantitative estimate of drug-likeness (QED) is 0.360. The van der Waals surface area contributed by atoms with E-state index in [-0.39, 0.29) is 6.42 Å². The first kappa shape index (κ1) is 26.9. The highest BCUT2D eigenvalue weighted by Crippen LogP contribution is 2.21. The minimum Gasteiger partial charge on any atom is -0.363 e. The van der Waals surface area contributed by atoms with Gasteiger partial charge in [-0.2, -0.15) is 0 Å². The molecule has 0 aliphatic carbocycles. The number of ketones is 1. The number of nitrogens with one attached hydrogen (secondary N) is 2. The number of nitrogens with zero attached hydrogens (tertiary/aromatic N) is 2. The van der Waals surface area contributed by atoms with Crippen LogP contribution >= 0.6 is 0 Å². The molecule has 2 unspecified atom stereocenters. The Balaban J connectivity index is 1.47. The van der Waals surface area contributed by atoms with Gasteiger partial charge in [0.1, 0.15) is 6.04 Å². The van der Waals surface area contributed by atoms with Gasteiger partial charge in [-0.05, 0) is 41.8 Å². The third-order valence-electron chi connectivity index (χ3n) is 6.78. The summed E-state index contributed by atoms with van der Waals surface area (Å²) in [5, 5.41) is 6.06. The van der Waals surface area contributed by atoms with Crippen molar-refractivity contribution in [1.82, 2.24) is 20.5 Å². The van der Waals surface area contributed by atoms with Crippen LogP contribution in [0.5, 0.6) is 0 Å². The average molecular weight is 512 g/mol. The number of aromatic nitrogens is 1. The molecule has 1 saturated heterocycles. The summed E-state index contributed by atoms with van der Waals surface area (Å²) < 4.78 is 0. The second kappa shape index (κ2) is 12.9. The number of pyridine rings is 1. The van der Waals surface area contributed by atoms with Gasteiger partial charge >= 0.3 is 0 Å². The Hall–Kier alpha value is -4.14. The fourth-order valence-electron chi connectivity index (χ4n) is 4.55. The van der Waals surface area contributed by atoms with Crippen LogP contribution in [-0.2, 0) is 16.0 Å². The lowest BCUT2D eigenvalue weighted by Crippen LogP contribution is -2.47. The number of rotatable bonds is 10. The minimum absolute atomic E-state index is 0.151. The fraction of sp³-hybridized carbons (Fsp3) is 0.267. The molecule has 4 N–H and O–H groups in total. The number of carbonyl (C=O) groups is 3. The molecular weight excluding hydrogens is 478 g/mol. The summed E-state index contributed by atoms with van der Waals surface area (Å²) in [4.78, 5) is 44.1. The lowest BCUT2D eigenvalue weighted by molar-refractivity contribution is -0.137. The van der Waals surface area contributed by atoms with Crippen molar-refractivity contribution in [2.75, 3.05) is 26.2 Å². The molecule has 2 amide bonds. The molecule has 0 spiro atoms. The number of primary amides is 1. The van der Waals surface area contributed by atoms with Crippen molar-refractivity contribution in [3.8, 4) is 0 Å². The second-order valence-electron chi connectivity index (χ2n) is 9.34. The van der Waals surface area contributed by atoms with Crippen LogP contribution in [0.25, 0.3) is 12.2 Å². The highest BCUT2D eigenvalue weighted by molar-refractivity contribution is 6.38. The van der Waals surface area contributed by atoms with E-state index in [1.165, 1.54) is 5.56 Å². The summed E-state index contributed by atoms with van der Waals surface area (Å²) in [5.41, 5.74) is 9.03. The maximum atomic E-state index is 13.2. The van der Waals surface area contributed by atoms with Gasteiger partial charge in [0.25, 0.3) is 11.8 Å². The van der Waals surface area contributed by atoms with Crippen LogP contribution in [0, 0.1) is 0 Å². The molecule has 196 valence electrons. The molecule has 2 atom stereocenters. The second-order valence-corrected chi connectivity index (χ2v) is 9.34. The number of Topliss-reactive ketones (excluding diaryl/α,β-unsaturated/α-hetero) is 1. The van der Waals surface area contributed by atoms with E-state index in [2.05, 4.69) is 51.7 Å². The minimum atomic E-state index is -1.09. The van der Waals surface area contributed by atoms with Crippen molar-refractivity contribution in [1.29, 1.82) is 0 Å². The van der Waals surface area contributed by atoms with Gasteiger partial charge in [-0.15, -0.1) is 0 Å². The van der Waals surface area contributed by atoms with E-state index in [1.54, 1.807) is 24.4 Å². The zero-order valence-corrected chi connectivity index (χ0v) is 21.5. The fourth-order valence-corrected chi connectivity index (χ4v) is 4.55. The van der Waals surface area contributed by atoms with E-state index < -0.39 is 23.6 Å². The molecular formula is C30H33N5O3. The Labute approximate surface area is 222 Å². The topological polar surface area (TPSA) is 117 Å². The number of hydrogen-bond donors (Lipinski definition) is 3. The van der Waals surface area contributed by atoms with Gasteiger partial charge in [-0.1, -0.05) is 60.7 Å². The van der Waals surface area contributed by atoms with Gasteiger partial charge in [-0.25, -0.2) is 0 Å². The van der Waals surface area contributed by atoms with Gasteiger partial charge in [0.2, 0.25) is 5.78 Å². The number of amides is 2. The highest BCUT2D eigenvalue weighted by atomic mass is 16.2. The van der Waals surface area contributed by atoms with Crippen LogP contribution in [0.4, 0.5) is 0 Å². The Morgan fingerprint density at radius 3 is 2.39 bits per heavy atom. The van der Waals surface area contributed by atoms with Crippen molar-refractivity contribution in [3.63, 3.8) is 0 Å². The zero-order valence-electron chi connectivity index (χ0n) is 21.5. The largest absolute Gasteiger partial charge is 0.363 e. The van der Waals surface area contributed by atoms with Gasteiger partial charge in [-0.3, -0.25) is 24.3 Å². The molecule has 38 heavy (non-hydrogen) atoms. The van der Waals surface area contributed by atoms with E-state index in [0.717, 1.165) is 37.3 Å². The Morgan fingerprint density at radius 1 is 1.00 bits per heavy atom. The van der Waals surface area contributed by atoms with Crippen molar-refractivity contribution in [2.45, 2.75) is 25.4 Å². The van der Waals surface area contributed by atoms with E-state index in [1.807, 2.05) is 36.4 Å².